The Kier molecular flexibility index (Phi) is 6.14. The van der Waals surface area contributed by atoms with Crippen molar-refractivity contribution in [3.05, 3.63) is 53.3 Å². The van der Waals surface area contributed by atoms with Crippen LogP contribution in [-0.2, 0) is 12.8 Å². The van der Waals surface area contributed by atoms with Gasteiger partial charge in [0.2, 0.25) is 0 Å². The molecule has 154 valence electrons. The zero-order valence-electron chi connectivity index (χ0n) is 17.6. The maximum absolute atomic E-state index is 12.4. The van der Waals surface area contributed by atoms with Crippen LogP contribution in [0.1, 0.15) is 54.7 Å². The van der Waals surface area contributed by atoms with Gasteiger partial charge in [-0.15, -0.1) is 0 Å². The molecule has 0 atom stereocenters. The van der Waals surface area contributed by atoms with Crippen LogP contribution in [0.2, 0.25) is 0 Å². The number of pyridine rings is 1. The van der Waals surface area contributed by atoms with Crippen LogP contribution in [0.15, 0.2) is 36.5 Å². The molecule has 0 unspecified atom stereocenters. The fraction of sp³-hybridized carbons (Fsp3) is 0.500. The van der Waals surface area contributed by atoms with Crippen molar-refractivity contribution in [2.45, 2.75) is 52.0 Å². The highest BCUT2D eigenvalue weighted by atomic mass is 16.5. The smallest absolute Gasteiger partial charge is 0.272 e. The maximum Gasteiger partial charge on any atom is 0.272 e. The van der Waals surface area contributed by atoms with Gasteiger partial charge in [-0.1, -0.05) is 12.5 Å². The number of aromatic nitrogens is 1. The molecule has 1 aromatic heterocycles. The van der Waals surface area contributed by atoms with E-state index in [0.717, 1.165) is 31.2 Å². The van der Waals surface area contributed by atoms with Gasteiger partial charge < -0.3 is 9.64 Å². The van der Waals surface area contributed by atoms with Gasteiger partial charge in [-0.25, -0.2) is 4.98 Å². The molecule has 0 saturated heterocycles. The average Bonchev–Trinajstić information content (AvgIpc) is 2.91. The number of ether oxygens (including phenoxy) is 1. The first-order chi connectivity index (χ1) is 14.2. The zero-order chi connectivity index (χ0) is 20.2. The van der Waals surface area contributed by atoms with Crippen molar-refractivity contribution in [3.63, 3.8) is 0 Å². The Balaban J connectivity index is 1.41. The largest absolute Gasteiger partial charge is 0.456 e. The van der Waals surface area contributed by atoms with Crippen molar-refractivity contribution >= 4 is 5.91 Å². The molecule has 1 amide bonds. The zero-order valence-corrected chi connectivity index (χ0v) is 17.6. The Hall–Kier alpha value is -2.40. The van der Waals surface area contributed by atoms with Gasteiger partial charge in [-0.2, -0.15) is 0 Å². The number of carbonyl (C=O) groups excluding carboxylic acids is 1. The molecule has 5 nitrogen and oxygen atoms in total. The SMILES string of the molecule is CCN(CC)C(=O)c1ccc(Oc2ccc3c(c2)CCN(C2CCC2)CC3)cn1. The van der Waals surface area contributed by atoms with E-state index in [-0.39, 0.29) is 5.91 Å². The average molecular weight is 394 g/mol. The van der Waals surface area contributed by atoms with Gasteiger partial charge in [-0.05, 0) is 74.9 Å². The van der Waals surface area contributed by atoms with E-state index in [1.165, 1.54) is 36.9 Å². The van der Waals surface area contributed by atoms with Gasteiger partial charge in [0.1, 0.15) is 17.2 Å². The van der Waals surface area contributed by atoms with Gasteiger partial charge in [0.05, 0.1) is 6.20 Å². The second kappa shape index (κ2) is 8.95. The first kappa shape index (κ1) is 19.9. The number of nitrogens with zero attached hydrogens (tertiary/aromatic N) is 3. The number of rotatable bonds is 6. The highest BCUT2D eigenvalue weighted by molar-refractivity contribution is 5.92. The van der Waals surface area contributed by atoms with E-state index >= 15 is 0 Å². The Morgan fingerprint density at radius 1 is 1.07 bits per heavy atom. The van der Waals surface area contributed by atoms with Gasteiger partial charge >= 0.3 is 0 Å². The summed E-state index contributed by atoms with van der Waals surface area (Å²) in [6.07, 6.45) is 7.96. The van der Waals surface area contributed by atoms with E-state index in [1.54, 1.807) is 17.2 Å². The van der Waals surface area contributed by atoms with Crippen LogP contribution in [0.5, 0.6) is 11.5 Å². The molecule has 1 aliphatic carbocycles. The minimum absolute atomic E-state index is 0.0393. The molecule has 1 fully saturated rings. The van der Waals surface area contributed by atoms with Crippen LogP contribution >= 0.6 is 0 Å². The van der Waals surface area contributed by atoms with Crippen molar-refractivity contribution in [2.24, 2.45) is 0 Å². The number of carbonyl (C=O) groups is 1. The molecular weight excluding hydrogens is 362 g/mol. The second-order valence-electron chi connectivity index (χ2n) is 8.01. The quantitative estimate of drug-likeness (QED) is 0.734. The van der Waals surface area contributed by atoms with Crippen LogP contribution in [0, 0.1) is 0 Å². The maximum atomic E-state index is 12.4. The van der Waals surface area contributed by atoms with E-state index in [4.69, 9.17) is 4.74 Å². The van der Waals surface area contributed by atoms with Gasteiger partial charge in [-0.3, -0.25) is 9.69 Å². The predicted octanol–water partition coefficient (Wildman–Crippen LogP) is 4.31. The molecule has 0 spiro atoms. The Morgan fingerprint density at radius 2 is 1.79 bits per heavy atom. The van der Waals surface area contributed by atoms with Crippen LogP contribution in [0.4, 0.5) is 0 Å². The van der Waals surface area contributed by atoms with Crippen molar-refractivity contribution < 1.29 is 9.53 Å². The Bertz CT molecular complexity index is 842. The summed E-state index contributed by atoms with van der Waals surface area (Å²) in [6.45, 7) is 7.63. The normalized spacial score (nSPS) is 17.2. The summed E-state index contributed by atoms with van der Waals surface area (Å²) in [4.78, 5) is 21.1. The number of amides is 1. The standard InChI is InChI=1S/C24H31N3O2/c1-3-26(4-2)24(28)23-11-10-22(17-25-23)29-21-9-8-18-12-14-27(20-6-5-7-20)15-13-19(18)16-21/h8-11,16-17,20H,3-7,12-15H2,1-2H3. The fourth-order valence-electron chi connectivity index (χ4n) is 4.28. The molecule has 0 bridgehead atoms. The molecule has 1 aromatic carbocycles. The minimum atomic E-state index is -0.0393. The first-order valence-corrected chi connectivity index (χ1v) is 11.0. The lowest BCUT2D eigenvalue weighted by Crippen LogP contribution is -2.41. The van der Waals surface area contributed by atoms with E-state index < -0.39 is 0 Å². The Labute approximate surface area is 173 Å². The van der Waals surface area contributed by atoms with Crippen molar-refractivity contribution in [2.75, 3.05) is 26.2 Å². The van der Waals surface area contributed by atoms with Crippen molar-refractivity contribution in [1.29, 1.82) is 0 Å². The number of hydrogen-bond acceptors (Lipinski definition) is 4. The van der Waals surface area contributed by atoms with Gasteiger partial charge in [0.15, 0.2) is 0 Å². The summed E-state index contributed by atoms with van der Waals surface area (Å²) < 4.78 is 6.04. The minimum Gasteiger partial charge on any atom is -0.456 e. The summed E-state index contributed by atoms with van der Waals surface area (Å²) in [7, 11) is 0. The third-order valence-corrected chi connectivity index (χ3v) is 6.35. The van der Waals surface area contributed by atoms with Crippen LogP contribution < -0.4 is 4.74 Å². The Morgan fingerprint density at radius 3 is 2.41 bits per heavy atom. The van der Waals surface area contributed by atoms with Gasteiger partial charge in [0.25, 0.3) is 5.91 Å². The first-order valence-electron chi connectivity index (χ1n) is 11.0. The third-order valence-electron chi connectivity index (χ3n) is 6.35. The summed E-state index contributed by atoms with van der Waals surface area (Å²) in [6, 6.07) is 10.8. The van der Waals surface area contributed by atoms with E-state index in [9.17, 15) is 4.79 Å². The second-order valence-corrected chi connectivity index (χ2v) is 8.01. The topological polar surface area (TPSA) is 45.7 Å². The lowest BCUT2D eigenvalue weighted by molar-refractivity contribution is 0.0767. The molecule has 2 aliphatic rings. The fourth-order valence-corrected chi connectivity index (χ4v) is 4.28. The molecular formula is C24H31N3O2. The molecule has 0 radical (unpaired) electrons. The lowest BCUT2D eigenvalue weighted by atomic mass is 9.91. The van der Waals surface area contributed by atoms with Crippen molar-refractivity contribution in [3.8, 4) is 11.5 Å². The predicted molar refractivity (Wildman–Crippen MR) is 115 cm³/mol. The number of fused-ring (bicyclic) bond motifs is 1. The van der Waals surface area contributed by atoms with Gasteiger partial charge in [0, 0.05) is 32.2 Å². The van der Waals surface area contributed by atoms with Crippen molar-refractivity contribution in [1.82, 2.24) is 14.8 Å². The number of hydrogen-bond donors (Lipinski definition) is 0. The molecule has 2 heterocycles. The summed E-state index contributed by atoms with van der Waals surface area (Å²) in [5.41, 5.74) is 3.29. The van der Waals surface area contributed by atoms with Crippen LogP contribution in [0.25, 0.3) is 0 Å². The van der Waals surface area contributed by atoms with Crippen LogP contribution in [0.3, 0.4) is 0 Å². The van der Waals surface area contributed by atoms with E-state index in [1.807, 2.05) is 26.0 Å². The highest BCUT2D eigenvalue weighted by Gasteiger charge is 2.26. The molecule has 0 N–H and O–H groups in total. The highest BCUT2D eigenvalue weighted by Crippen LogP contribution is 2.29. The summed E-state index contributed by atoms with van der Waals surface area (Å²) in [5.74, 6) is 1.46. The summed E-state index contributed by atoms with van der Waals surface area (Å²) >= 11 is 0. The van der Waals surface area contributed by atoms with E-state index in [2.05, 4.69) is 22.0 Å². The number of benzene rings is 1. The molecule has 2 aromatic rings. The molecule has 4 rings (SSSR count). The molecule has 5 heteroatoms. The lowest BCUT2D eigenvalue weighted by Gasteiger charge is -2.36. The summed E-state index contributed by atoms with van der Waals surface area (Å²) in [5, 5.41) is 0. The molecule has 1 aliphatic heterocycles. The molecule has 29 heavy (non-hydrogen) atoms. The molecule has 1 saturated carbocycles. The van der Waals surface area contributed by atoms with E-state index in [0.29, 0.717) is 24.5 Å². The van der Waals surface area contributed by atoms with Crippen LogP contribution in [-0.4, -0.2) is 52.9 Å². The third kappa shape index (κ3) is 4.45. The monoisotopic (exact) mass is 393 g/mol.